The average Bonchev–Trinajstić information content (AvgIpc) is 2.93. The first kappa shape index (κ1) is 17.3. The van der Waals surface area contributed by atoms with Gasteiger partial charge in [-0.05, 0) is 70.1 Å². The van der Waals surface area contributed by atoms with Crippen LogP contribution in [0.5, 0.6) is 0 Å². The van der Waals surface area contributed by atoms with Crippen molar-refractivity contribution in [1.29, 1.82) is 0 Å². The summed E-state index contributed by atoms with van der Waals surface area (Å²) in [5.41, 5.74) is 4.92. The van der Waals surface area contributed by atoms with Crippen molar-refractivity contribution in [2.75, 3.05) is 0 Å². The maximum atomic E-state index is 14.1. The van der Waals surface area contributed by atoms with E-state index in [9.17, 15) is 4.39 Å². The number of benzene rings is 2. The highest BCUT2D eigenvalue weighted by atomic mass is 19.1. The Morgan fingerprint density at radius 2 is 1.68 bits per heavy atom. The van der Waals surface area contributed by atoms with Gasteiger partial charge >= 0.3 is 0 Å². The van der Waals surface area contributed by atoms with Gasteiger partial charge in [0.05, 0.1) is 0 Å². The SMILES string of the molecule is Cc1cccc(C)c1-c1cc(F)ccc1-c1nnnn1CC(C)(C)C. The molecule has 130 valence electrons. The van der Waals surface area contributed by atoms with Crippen molar-refractivity contribution in [2.45, 2.75) is 41.2 Å². The van der Waals surface area contributed by atoms with Gasteiger partial charge in [0.1, 0.15) is 5.82 Å². The van der Waals surface area contributed by atoms with Crippen molar-refractivity contribution in [1.82, 2.24) is 20.2 Å². The zero-order chi connectivity index (χ0) is 18.2. The number of aromatic nitrogens is 4. The summed E-state index contributed by atoms with van der Waals surface area (Å²) in [4.78, 5) is 0. The third-order valence-electron chi connectivity index (χ3n) is 4.13. The molecule has 5 heteroatoms. The van der Waals surface area contributed by atoms with E-state index in [-0.39, 0.29) is 11.2 Å². The largest absolute Gasteiger partial charge is 0.225 e. The molecule has 0 amide bonds. The molecule has 0 N–H and O–H groups in total. The Kier molecular flexibility index (Phi) is 4.41. The first-order valence-electron chi connectivity index (χ1n) is 8.39. The Balaban J connectivity index is 2.22. The number of rotatable bonds is 3. The molecule has 0 aliphatic heterocycles. The summed E-state index contributed by atoms with van der Waals surface area (Å²) in [6.07, 6.45) is 0. The van der Waals surface area contributed by atoms with Gasteiger partial charge in [-0.3, -0.25) is 0 Å². The molecule has 0 unspecified atom stereocenters. The first-order valence-corrected chi connectivity index (χ1v) is 8.39. The lowest BCUT2D eigenvalue weighted by Crippen LogP contribution is -2.17. The molecule has 0 saturated carbocycles. The van der Waals surface area contributed by atoms with Crippen LogP contribution in [0.15, 0.2) is 36.4 Å². The standard InChI is InChI=1S/C20H23FN4/c1-13-7-6-8-14(2)18(13)17-11-15(21)9-10-16(17)19-22-23-24-25(19)12-20(3,4)5/h6-11H,12H2,1-5H3. The summed E-state index contributed by atoms with van der Waals surface area (Å²) in [7, 11) is 0. The molecule has 0 fully saturated rings. The molecule has 3 aromatic rings. The van der Waals surface area contributed by atoms with Gasteiger partial charge < -0.3 is 0 Å². The van der Waals surface area contributed by atoms with Crippen molar-refractivity contribution in [3.05, 3.63) is 53.3 Å². The molecule has 3 rings (SSSR count). The topological polar surface area (TPSA) is 43.6 Å². The van der Waals surface area contributed by atoms with Gasteiger partial charge in [-0.25, -0.2) is 9.07 Å². The zero-order valence-electron chi connectivity index (χ0n) is 15.3. The average molecular weight is 338 g/mol. The summed E-state index contributed by atoms with van der Waals surface area (Å²) in [6.45, 7) is 11.2. The smallest absolute Gasteiger partial charge is 0.182 e. The van der Waals surface area contributed by atoms with E-state index in [1.54, 1.807) is 16.8 Å². The fourth-order valence-electron chi connectivity index (χ4n) is 3.11. The van der Waals surface area contributed by atoms with E-state index in [4.69, 9.17) is 0 Å². The van der Waals surface area contributed by atoms with Gasteiger partial charge in [0.15, 0.2) is 5.82 Å². The van der Waals surface area contributed by atoms with Crippen LogP contribution >= 0.6 is 0 Å². The van der Waals surface area contributed by atoms with Gasteiger partial charge in [0.2, 0.25) is 0 Å². The van der Waals surface area contributed by atoms with Crippen molar-refractivity contribution in [3.8, 4) is 22.5 Å². The quantitative estimate of drug-likeness (QED) is 0.688. The molecule has 0 atom stereocenters. The van der Waals surface area contributed by atoms with Crippen molar-refractivity contribution in [2.24, 2.45) is 5.41 Å². The van der Waals surface area contributed by atoms with Crippen molar-refractivity contribution < 1.29 is 4.39 Å². The van der Waals surface area contributed by atoms with E-state index in [0.717, 1.165) is 27.8 Å². The number of hydrogen-bond donors (Lipinski definition) is 0. The van der Waals surface area contributed by atoms with Crippen LogP contribution in [-0.4, -0.2) is 20.2 Å². The number of nitrogens with zero attached hydrogens (tertiary/aromatic N) is 4. The first-order chi connectivity index (χ1) is 11.8. The predicted octanol–water partition coefficient (Wildman–Crippen LogP) is 4.81. The molecule has 0 spiro atoms. The lowest BCUT2D eigenvalue weighted by molar-refractivity contribution is 0.323. The summed E-state index contributed by atoms with van der Waals surface area (Å²) in [5, 5.41) is 12.2. The molecule has 1 aromatic heterocycles. The van der Waals surface area contributed by atoms with Crippen LogP contribution in [0.3, 0.4) is 0 Å². The molecule has 0 saturated heterocycles. The van der Waals surface area contributed by atoms with E-state index in [0.29, 0.717) is 12.4 Å². The number of aryl methyl sites for hydroxylation is 2. The number of halogens is 1. The molecule has 0 bridgehead atoms. The normalized spacial score (nSPS) is 11.8. The van der Waals surface area contributed by atoms with Crippen molar-refractivity contribution >= 4 is 0 Å². The Morgan fingerprint density at radius 1 is 1.00 bits per heavy atom. The lowest BCUT2D eigenvalue weighted by atomic mass is 9.91. The summed E-state index contributed by atoms with van der Waals surface area (Å²) < 4.78 is 15.8. The van der Waals surface area contributed by atoms with Crippen LogP contribution in [0.25, 0.3) is 22.5 Å². The van der Waals surface area contributed by atoms with Crippen LogP contribution in [0, 0.1) is 25.1 Å². The molecule has 0 aliphatic rings. The Hall–Kier alpha value is -2.56. The minimum atomic E-state index is -0.267. The zero-order valence-corrected chi connectivity index (χ0v) is 15.3. The molecule has 4 nitrogen and oxygen atoms in total. The van der Waals surface area contributed by atoms with Gasteiger partial charge in [-0.2, -0.15) is 0 Å². The van der Waals surface area contributed by atoms with Crippen LogP contribution in [-0.2, 0) is 6.54 Å². The highest BCUT2D eigenvalue weighted by molar-refractivity contribution is 5.84. The number of hydrogen-bond acceptors (Lipinski definition) is 3. The Labute approximate surface area is 147 Å². The molecule has 2 aromatic carbocycles. The summed E-state index contributed by atoms with van der Waals surface area (Å²) in [6, 6.07) is 10.9. The van der Waals surface area contributed by atoms with Gasteiger partial charge in [0, 0.05) is 12.1 Å². The number of tetrazole rings is 1. The van der Waals surface area contributed by atoms with Gasteiger partial charge in [-0.1, -0.05) is 39.0 Å². The van der Waals surface area contributed by atoms with Crippen molar-refractivity contribution in [3.63, 3.8) is 0 Å². The minimum Gasteiger partial charge on any atom is -0.225 e. The third kappa shape index (κ3) is 3.60. The maximum absolute atomic E-state index is 14.1. The van der Waals surface area contributed by atoms with Gasteiger partial charge in [0.25, 0.3) is 0 Å². The minimum absolute atomic E-state index is 0.0307. The summed E-state index contributed by atoms with van der Waals surface area (Å²) >= 11 is 0. The molecular formula is C20H23FN4. The molecule has 1 heterocycles. The second kappa shape index (κ2) is 6.39. The molecule has 0 aliphatic carbocycles. The van der Waals surface area contributed by atoms with Crippen LogP contribution < -0.4 is 0 Å². The Bertz CT molecular complexity index is 886. The van der Waals surface area contributed by atoms with E-state index in [2.05, 4.69) is 36.3 Å². The monoisotopic (exact) mass is 338 g/mol. The second-order valence-corrected chi connectivity index (χ2v) is 7.68. The molecular weight excluding hydrogens is 315 g/mol. The molecule has 25 heavy (non-hydrogen) atoms. The highest BCUT2D eigenvalue weighted by Crippen LogP contribution is 2.36. The Morgan fingerprint density at radius 3 is 2.32 bits per heavy atom. The van der Waals surface area contributed by atoms with E-state index < -0.39 is 0 Å². The van der Waals surface area contributed by atoms with Crippen LogP contribution in [0.1, 0.15) is 31.9 Å². The lowest BCUT2D eigenvalue weighted by Gasteiger charge is -2.19. The van der Waals surface area contributed by atoms with E-state index in [1.165, 1.54) is 6.07 Å². The maximum Gasteiger partial charge on any atom is 0.182 e. The molecule has 0 radical (unpaired) electrons. The third-order valence-corrected chi connectivity index (χ3v) is 4.13. The van der Waals surface area contributed by atoms with Gasteiger partial charge in [-0.15, -0.1) is 5.10 Å². The van der Waals surface area contributed by atoms with E-state index >= 15 is 0 Å². The summed E-state index contributed by atoms with van der Waals surface area (Å²) in [5.74, 6) is 0.392. The van der Waals surface area contributed by atoms with Crippen LogP contribution in [0.2, 0.25) is 0 Å². The van der Waals surface area contributed by atoms with E-state index in [1.807, 2.05) is 32.0 Å². The predicted molar refractivity (Wildman–Crippen MR) is 97.6 cm³/mol. The fraction of sp³-hybridized carbons (Fsp3) is 0.350. The fourth-order valence-corrected chi connectivity index (χ4v) is 3.11. The van der Waals surface area contributed by atoms with Crippen LogP contribution in [0.4, 0.5) is 4.39 Å². The second-order valence-electron chi connectivity index (χ2n) is 7.68. The highest BCUT2D eigenvalue weighted by Gasteiger charge is 2.20.